The molecule has 2 N–H and O–H groups in total. The Hall–Kier alpha value is -2.34. The molecule has 5 nitrogen and oxygen atoms in total. The highest BCUT2D eigenvalue weighted by atomic mass is 32.1. The maximum absolute atomic E-state index is 12.9. The number of nitrogens with zero attached hydrogens (tertiary/aromatic N) is 1. The maximum atomic E-state index is 12.9. The third kappa shape index (κ3) is 5.10. The number of rotatable bonds is 5. The quantitative estimate of drug-likeness (QED) is 0.796. The van der Waals surface area contributed by atoms with Crippen molar-refractivity contribution in [2.24, 2.45) is 11.8 Å². The molecular formula is C21H27N3O2S. The van der Waals surface area contributed by atoms with Crippen LogP contribution >= 0.6 is 11.3 Å². The first-order valence-corrected chi connectivity index (χ1v) is 10.4. The molecule has 6 heteroatoms. The molecule has 0 radical (unpaired) electrons. The normalized spacial score (nSPS) is 18.2. The molecule has 1 saturated heterocycles. The number of piperidine rings is 1. The van der Waals surface area contributed by atoms with E-state index in [2.05, 4.69) is 30.5 Å². The SMILES string of the molecule is CC(C)[C@@H](NC(=O)[C@H]1CCCN(C(=O)Nc2ccccc2)C1)c1cccs1. The van der Waals surface area contributed by atoms with Crippen LogP contribution in [0.15, 0.2) is 47.8 Å². The Kier molecular flexibility index (Phi) is 6.50. The Balaban J connectivity index is 1.59. The Bertz CT molecular complexity index is 746. The third-order valence-electron chi connectivity index (χ3n) is 4.92. The van der Waals surface area contributed by atoms with Crippen molar-refractivity contribution in [1.29, 1.82) is 0 Å². The summed E-state index contributed by atoms with van der Waals surface area (Å²) in [6, 6.07) is 13.4. The first kappa shape index (κ1) is 19.4. The van der Waals surface area contributed by atoms with E-state index in [4.69, 9.17) is 0 Å². The minimum absolute atomic E-state index is 0.0195. The second-order valence-corrected chi connectivity index (χ2v) is 8.31. The molecule has 2 atom stereocenters. The molecule has 0 unspecified atom stereocenters. The van der Waals surface area contributed by atoms with Gasteiger partial charge in [0.15, 0.2) is 0 Å². The number of likely N-dealkylation sites (tertiary alicyclic amines) is 1. The number of anilines is 1. The Morgan fingerprint density at radius 3 is 2.59 bits per heavy atom. The minimum Gasteiger partial charge on any atom is -0.348 e. The monoisotopic (exact) mass is 385 g/mol. The topological polar surface area (TPSA) is 61.4 Å². The highest BCUT2D eigenvalue weighted by molar-refractivity contribution is 7.10. The molecule has 144 valence electrons. The van der Waals surface area contributed by atoms with E-state index in [1.54, 1.807) is 16.2 Å². The number of carbonyl (C=O) groups is 2. The molecule has 1 aromatic heterocycles. The smallest absolute Gasteiger partial charge is 0.321 e. The van der Waals surface area contributed by atoms with Gasteiger partial charge in [0.25, 0.3) is 0 Å². The predicted molar refractivity (Wildman–Crippen MR) is 110 cm³/mol. The van der Waals surface area contributed by atoms with Gasteiger partial charge in [-0.25, -0.2) is 4.79 Å². The summed E-state index contributed by atoms with van der Waals surface area (Å²) in [5.41, 5.74) is 0.770. The largest absolute Gasteiger partial charge is 0.348 e. The number of carbonyl (C=O) groups excluding carboxylic acids is 2. The molecule has 3 amide bonds. The lowest BCUT2D eigenvalue weighted by Gasteiger charge is -2.33. The summed E-state index contributed by atoms with van der Waals surface area (Å²) in [5, 5.41) is 8.16. The van der Waals surface area contributed by atoms with Crippen LogP contribution in [-0.4, -0.2) is 29.9 Å². The first-order chi connectivity index (χ1) is 13.0. The zero-order valence-corrected chi connectivity index (χ0v) is 16.7. The van der Waals surface area contributed by atoms with E-state index < -0.39 is 0 Å². The van der Waals surface area contributed by atoms with Gasteiger partial charge in [-0.1, -0.05) is 38.1 Å². The summed E-state index contributed by atoms with van der Waals surface area (Å²) in [7, 11) is 0. The molecule has 1 fully saturated rings. The van der Waals surface area contributed by atoms with Gasteiger partial charge in [-0.05, 0) is 42.3 Å². The zero-order valence-electron chi connectivity index (χ0n) is 15.9. The van der Waals surface area contributed by atoms with Crippen molar-refractivity contribution < 1.29 is 9.59 Å². The fraction of sp³-hybridized carbons (Fsp3) is 0.429. The number of hydrogen-bond donors (Lipinski definition) is 2. The molecule has 1 aromatic carbocycles. The van der Waals surface area contributed by atoms with E-state index in [1.165, 1.54) is 4.88 Å². The van der Waals surface area contributed by atoms with Gasteiger partial charge in [-0.3, -0.25) is 4.79 Å². The predicted octanol–water partition coefficient (Wildman–Crippen LogP) is 4.51. The maximum Gasteiger partial charge on any atom is 0.321 e. The lowest BCUT2D eigenvalue weighted by molar-refractivity contribution is -0.127. The van der Waals surface area contributed by atoms with Crippen molar-refractivity contribution in [3.63, 3.8) is 0 Å². The van der Waals surface area contributed by atoms with E-state index in [0.29, 0.717) is 19.0 Å². The van der Waals surface area contributed by atoms with Gasteiger partial charge in [0.1, 0.15) is 0 Å². The molecule has 1 aliphatic heterocycles. The fourth-order valence-electron chi connectivity index (χ4n) is 3.41. The highest BCUT2D eigenvalue weighted by Crippen LogP contribution is 2.27. The van der Waals surface area contributed by atoms with Gasteiger partial charge in [-0.2, -0.15) is 0 Å². The molecule has 2 heterocycles. The van der Waals surface area contributed by atoms with E-state index in [1.807, 2.05) is 41.8 Å². The van der Waals surface area contributed by atoms with E-state index in [-0.39, 0.29) is 23.9 Å². The third-order valence-corrected chi connectivity index (χ3v) is 5.87. The van der Waals surface area contributed by atoms with Crippen molar-refractivity contribution in [2.45, 2.75) is 32.7 Å². The zero-order chi connectivity index (χ0) is 19.2. The molecule has 3 rings (SSSR count). The van der Waals surface area contributed by atoms with Crippen molar-refractivity contribution in [2.75, 3.05) is 18.4 Å². The van der Waals surface area contributed by atoms with Gasteiger partial charge in [0.2, 0.25) is 5.91 Å². The van der Waals surface area contributed by atoms with E-state index >= 15 is 0 Å². The second kappa shape index (κ2) is 9.04. The van der Waals surface area contributed by atoms with Gasteiger partial charge in [0, 0.05) is 23.7 Å². The summed E-state index contributed by atoms with van der Waals surface area (Å²) < 4.78 is 0. The minimum atomic E-state index is -0.165. The number of para-hydroxylation sites is 1. The van der Waals surface area contributed by atoms with E-state index in [9.17, 15) is 9.59 Å². The highest BCUT2D eigenvalue weighted by Gasteiger charge is 2.30. The second-order valence-electron chi connectivity index (χ2n) is 7.33. The van der Waals surface area contributed by atoms with Crippen molar-refractivity contribution in [3.8, 4) is 0 Å². The van der Waals surface area contributed by atoms with Crippen LogP contribution in [0.2, 0.25) is 0 Å². The lowest BCUT2D eigenvalue weighted by atomic mass is 9.95. The number of urea groups is 1. The van der Waals surface area contributed by atoms with Gasteiger partial charge >= 0.3 is 6.03 Å². The molecule has 1 aliphatic rings. The summed E-state index contributed by atoms with van der Waals surface area (Å²) in [5.74, 6) is 0.189. The Morgan fingerprint density at radius 2 is 1.93 bits per heavy atom. The fourth-order valence-corrected chi connectivity index (χ4v) is 4.35. The Morgan fingerprint density at radius 1 is 1.15 bits per heavy atom. The van der Waals surface area contributed by atoms with Crippen LogP contribution in [0.5, 0.6) is 0 Å². The van der Waals surface area contributed by atoms with Crippen LogP contribution in [0.4, 0.5) is 10.5 Å². The van der Waals surface area contributed by atoms with Crippen LogP contribution in [0.25, 0.3) is 0 Å². The summed E-state index contributed by atoms with van der Waals surface area (Å²) in [6.45, 7) is 5.37. The molecule has 0 saturated carbocycles. The number of amides is 3. The lowest BCUT2D eigenvalue weighted by Crippen LogP contribution is -2.47. The summed E-state index contributed by atoms with van der Waals surface area (Å²) >= 11 is 1.67. The van der Waals surface area contributed by atoms with Crippen molar-refractivity contribution in [3.05, 3.63) is 52.7 Å². The van der Waals surface area contributed by atoms with E-state index in [0.717, 1.165) is 18.5 Å². The number of nitrogens with one attached hydrogen (secondary N) is 2. The van der Waals surface area contributed by atoms with Crippen LogP contribution in [0, 0.1) is 11.8 Å². The summed E-state index contributed by atoms with van der Waals surface area (Å²) in [6.07, 6.45) is 1.65. The molecule has 0 aliphatic carbocycles. The molecular weight excluding hydrogens is 358 g/mol. The number of hydrogen-bond acceptors (Lipinski definition) is 3. The van der Waals surface area contributed by atoms with Gasteiger partial charge in [-0.15, -0.1) is 11.3 Å². The van der Waals surface area contributed by atoms with Crippen LogP contribution in [-0.2, 0) is 4.79 Å². The van der Waals surface area contributed by atoms with Crippen molar-refractivity contribution in [1.82, 2.24) is 10.2 Å². The number of benzene rings is 1. The van der Waals surface area contributed by atoms with Crippen LogP contribution in [0.1, 0.15) is 37.6 Å². The van der Waals surface area contributed by atoms with Crippen molar-refractivity contribution >= 4 is 29.0 Å². The van der Waals surface area contributed by atoms with Crippen LogP contribution < -0.4 is 10.6 Å². The van der Waals surface area contributed by atoms with Gasteiger partial charge in [0.05, 0.1) is 12.0 Å². The molecule has 0 spiro atoms. The van der Waals surface area contributed by atoms with Gasteiger partial charge < -0.3 is 15.5 Å². The average Bonchev–Trinajstić information content (AvgIpc) is 3.21. The first-order valence-electron chi connectivity index (χ1n) is 9.49. The summed E-state index contributed by atoms with van der Waals surface area (Å²) in [4.78, 5) is 28.3. The average molecular weight is 386 g/mol. The van der Waals surface area contributed by atoms with Crippen LogP contribution in [0.3, 0.4) is 0 Å². The molecule has 0 bridgehead atoms. The Labute approximate surface area is 164 Å². The molecule has 27 heavy (non-hydrogen) atoms. The molecule has 2 aromatic rings. The standard InChI is InChI=1S/C21H27N3O2S/c1-15(2)19(18-11-7-13-27-18)23-20(25)16-8-6-12-24(14-16)21(26)22-17-9-4-3-5-10-17/h3-5,7,9-11,13,15-16,19H,6,8,12,14H2,1-2H3,(H,22,26)(H,23,25)/t16-,19+/m0/s1. The number of thiophene rings is 1.